The van der Waals surface area contributed by atoms with E-state index in [1.165, 1.54) is 24.0 Å². The first-order chi connectivity index (χ1) is 10.4. The molecule has 2 heteroatoms. The van der Waals surface area contributed by atoms with Crippen molar-refractivity contribution >= 4 is 0 Å². The van der Waals surface area contributed by atoms with Crippen LogP contribution in [0.25, 0.3) is 0 Å². The molecule has 2 aromatic carbocycles. The Morgan fingerprint density at radius 1 is 0.952 bits per heavy atom. The van der Waals surface area contributed by atoms with Crippen molar-refractivity contribution in [3.05, 3.63) is 71.8 Å². The fraction of sp³-hybridized carbons (Fsp3) is 0.368. The number of hydrogen-bond donors (Lipinski definition) is 1. The fourth-order valence-electron chi connectivity index (χ4n) is 2.99. The monoisotopic (exact) mass is 281 g/mol. The van der Waals surface area contributed by atoms with Gasteiger partial charge in [-0.2, -0.15) is 0 Å². The third kappa shape index (κ3) is 3.93. The summed E-state index contributed by atoms with van der Waals surface area (Å²) in [7, 11) is 0. The van der Waals surface area contributed by atoms with Gasteiger partial charge in [-0.1, -0.05) is 60.7 Å². The molecule has 0 bridgehead atoms. The van der Waals surface area contributed by atoms with Gasteiger partial charge in [0.2, 0.25) is 0 Å². The van der Waals surface area contributed by atoms with Crippen LogP contribution in [0.4, 0.5) is 0 Å². The lowest BCUT2D eigenvalue weighted by molar-refractivity contribution is 0.110. The first-order valence-electron chi connectivity index (χ1n) is 7.85. The molecule has 0 aliphatic carbocycles. The van der Waals surface area contributed by atoms with E-state index >= 15 is 0 Å². The fourth-order valence-corrected chi connectivity index (χ4v) is 2.99. The third-order valence-corrected chi connectivity index (χ3v) is 4.15. The Kier molecular flexibility index (Phi) is 5.03. The highest BCUT2D eigenvalue weighted by atomic mass is 16.5. The molecule has 1 N–H and O–H groups in total. The van der Waals surface area contributed by atoms with Crippen molar-refractivity contribution in [2.75, 3.05) is 19.7 Å². The molecule has 1 atom stereocenters. The molecule has 0 unspecified atom stereocenters. The van der Waals surface area contributed by atoms with Gasteiger partial charge in [-0.05, 0) is 24.0 Å². The van der Waals surface area contributed by atoms with Gasteiger partial charge in [0, 0.05) is 25.6 Å². The van der Waals surface area contributed by atoms with Gasteiger partial charge < -0.3 is 10.1 Å². The summed E-state index contributed by atoms with van der Waals surface area (Å²) >= 11 is 0. The van der Waals surface area contributed by atoms with E-state index in [0.29, 0.717) is 12.0 Å². The summed E-state index contributed by atoms with van der Waals surface area (Å²) in [5.74, 6) is 0.397. The molecule has 21 heavy (non-hydrogen) atoms. The maximum absolute atomic E-state index is 5.68. The number of nitrogens with one attached hydrogen (secondary N) is 1. The Balaban J connectivity index is 1.67. The van der Waals surface area contributed by atoms with Crippen LogP contribution in [0.3, 0.4) is 0 Å². The second-order valence-corrected chi connectivity index (χ2v) is 5.67. The minimum atomic E-state index is 0.397. The smallest absolute Gasteiger partial charge is 0.0700 e. The maximum atomic E-state index is 5.68. The highest BCUT2D eigenvalue weighted by molar-refractivity contribution is 5.32. The van der Waals surface area contributed by atoms with Gasteiger partial charge in [-0.15, -0.1) is 0 Å². The first-order valence-corrected chi connectivity index (χ1v) is 7.85. The zero-order chi connectivity index (χ0) is 14.3. The number of ether oxygens (including phenoxy) is 1. The quantitative estimate of drug-likeness (QED) is 0.873. The van der Waals surface area contributed by atoms with Gasteiger partial charge in [-0.3, -0.25) is 0 Å². The van der Waals surface area contributed by atoms with Crippen LogP contribution in [-0.2, 0) is 4.74 Å². The highest BCUT2D eigenvalue weighted by Crippen LogP contribution is 2.23. The van der Waals surface area contributed by atoms with E-state index in [9.17, 15) is 0 Å². The number of benzene rings is 2. The summed E-state index contributed by atoms with van der Waals surface area (Å²) in [6.45, 7) is 2.83. The zero-order valence-corrected chi connectivity index (χ0v) is 12.4. The van der Waals surface area contributed by atoms with Crippen molar-refractivity contribution in [1.82, 2.24) is 5.32 Å². The van der Waals surface area contributed by atoms with E-state index in [1.807, 2.05) is 0 Å². The largest absolute Gasteiger partial charge is 0.377 e. The lowest BCUT2D eigenvalue weighted by Gasteiger charge is -2.20. The summed E-state index contributed by atoms with van der Waals surface area (Å²) < 4.78 is 5.68. The molecule has 1 heterocycles. The average molecular weight is 281 g/mol. The molecule has 1 saturated heterocycles. The summed E-state index contributed by atoms with van der Waals surface area (Å²) in [4.78, 5) is 0. The molecule has 110 valence electrons. The minimum absolute atomic E-state index is 0.397. The Morgan fingerprint density at radius 3 is 2.10 bits per heavy atom. The van der Waals surface area contributed by atoms with Crippen molar-refractivity contribution in [2.24, 2.45) is 0 Å². The maximum Gasteiger partial charge on any atom is 0.0700 e. The third-order valence-electron chi connectivity index (χ3n) is 4.15. The lowest BCUT2D eigenvalue weighted by Crippen LogP contribution is -2.30. The first kappa shape index (κ1) is 14.3. The van der Waals surface area contributed by atoms with Gasteiger partial charge >= 0.3 is 0 Å². The second kappa shape index (κ2) is 7.39. The van der Waals surface area contributed by atoms with E-state index in [2.05, 4.69) is 66.0 Å². The molecule has 0 spiro atoms. The van der Waals surface area contributed by atoms with Crippen molar-refractivity contribution in [1.29, 1.82) is 0 Å². The van der Waals surface area contributed by atoms with E-state index in [1.54, 1.807) is 0 Å². The van der Waals surface area contributed by atoms with Crippen LogP contribution < -0.4 is 5.32 Å². The van der Waals surface area contributed by atoms with Crippen molar-refractivity contribution in [3.63, 3.8) is 0 Å². The van der Waals surface area contributed by atoms with Gasteiger partial charge in [0.15, 0.2) is 0 Å². The molecule has 0 radical (unpaired) electrons. The normalized spacial score (nSPS) is 18.2. The summed E-state index contributed by atoms with van der Waals surface area (Å²) in [5, 5.41) is 3.60. The molecule has 1 aliphatic heterocycles. The molecule has 2 nitrogen and oxygen atoms in total. The van der Waals surface area contributed by atoms with Gasteiger partial charge in [0.1, 0.15) is 0 Å². The van der Waals surface area contributed by atoms with Crippen LogP contribution >= 0.6 is 0 Å². The van der Waals surface area contributed by atoms with E-state index in [-0.39, 0.29) is 0 Å². The van der Waals surface area contributed by atoms with Crippen LogP contribution in [0.5, 0.6) is 0 Å². The second-order valence-electron chi connectivity index (χ2n) is 5.67. The molecule has 0 aromatic heterocycles. The summed E-state index contributed by atoms with van der Waals surface area (Å²) in [5.41, 5.74) is 2.73. The summed E-state index contributed by atoms with van der Waals surface area (Å²) in [6.07, 6.45) is 2.79. The predicted octanol–water partition coefficient (Wildman–Crippen LogP) is 3.59. The Bertz CT molecular complexity index is 480. The molecule has 0 amide bonds. The average Bonchev–Trinajstić information content (AvgIpc) is 3.07. The summed E-state index contributed by atoms with van der Waals surface area (Å²) in [6, 6.07) is 21.5. The predicted molar refractivity (Wildman–Crippen MR) is 86.6 cm³/mol. The Hall–Kier alpha value is -1.64. The van der Waals surface area contributed by atoms with Gasteiger partial charge in [0.25, 0.3) is 0 Å². The SMILES string of the molecule is c1ccc(C(CNC[C@@H]2CCCO2)c2ccccc2)cc1. The molecule has 3 rings (SSSR count). The molecule has 0 saturated carbocycles. The topological polar surface area (TPSA) is 21.3 Å². The van der Waals surface area contributed by atoms with Crippen LogP contribution in [0.1, 0.15) is 29.9 Å². The van der Waals surface area contributed by atoms with Crippen molar-refractivity contribution < 1.29 is 4.74 Å². The van der Waals surface area contributed by atoms with Crippen LogP contribution in [0.15, 0.2) is 60.7 Å². The van der Waals surface area contributed by atoms with Gasteiger partial charge in [0.05, 0.1) is 6.10 Å². The minimum Gasteiger partial charge on any atom is -0.377 e. The van der Waals surface area contributed by atoms with Crippen LogP contribution in [0.2, 0.25) is 0 Å². The van der Waals surface area contributed by atoms with Crippen LogP contribution in [0, 0.1) is 0 Å². The van der Waals surface area contributed by atoms with Gasteiger partial charge in [-0.25, -0.2) is 0 Å². The Morgan fingerprint density at radius 2 is 1.57 bits per heavy atom. The number of rotatable bonds is 6. The van der Waals surface area contributed by atoms with E-state index in [4.69, 9.17) is 4.74 Å². The van der Waals surface area contributed by atoms with Crippen molar-refractivity contribution in [3.8, 4) is 0 Å². The highest BCUT2D eigenvalue weighted by Gasteiger charge is 2.17. The van der Waals surface area contributed by atoms with E-state index < -0.39 is 0 Å². The zero-order valence-electron chi connectivity index (χ0n) is 12.4. The Labute approximate surface area is 127 Å². The van der Waals surface area contributed by atoms with Crippen LogP contribution in [-0.4, -0.2) is 25.8 Å². The van der Waals surface area contributed by atoms with Crippen molar-refractivity contribution in [2.45, 2.75) is 24.9 Å². The van der Waals surface area contributed by atoms with E-state index in [0.717, 1.165) is 19.7 Å². The number of hydrogen-bond acceptors (Lipinski definition) is 2. The molecule has 1 fully saturated rings. The molecule has 1 aliphatic rings. The molecular formula is C19H23NO. The lowest BCUT2D eigenvalue weighted by atomic mass is 9.91. The molecular weight excluding hydrogens is 258 g/mol. The standard InChI is InChI=1S/C19H23NO/c1-3-8-16(9-4-1)19(17-10-5-2-6-11-17)15-20-14-18-12-7-13-21-18/h1-6,8-11,18-20H,7,12-15H2/t18-/m0/s1. The molecule has 2 aromatic rings.